The Labute approximate surface area is 86.1 Å². The summed E-state index contributed by atoms with van der Waals surface area (Å²) in [5.41, 5.74) is 4.12. The molecule has 0 aromatic heterocycles. The van der Waals surface area contributed by atoms with Crippen LogP contribution in [0.3, 0.4) is 0 Å². The molecule has 0 bridgehead atoms. The summed E-state index contributed by atoms with van der Waals surface area (Å²) in [4.78, 5) is 4.64. The Hall–Kier alpha value is -1.18. The maximum Gasteiger partial charge on any atom is 0.0982 e. The van der Waals surface area contributed by atoms with Crippen LogP contribution < -0.4 is 9.80 Å². The summed E-state index contributed by atoms with van der Waals surface area (Å²) >= 11 is 0. The Morgan fingerprint density at radius 3 is 2.43 bits per heavy atom. The van der Waals surface area contributed by atoms with Crippen molar-refractivity contribution in [3.05, 3.63) is 23.8 Å². The number of hydrogen-bond donors (Lipinski definition) is 0. The van der Waals surface area contributed by atoms with Crippen molar-refractivity contribution in [1.29, 1.82) is 0 Å². The van der Waals surface area contributed by atoms with Crippen molar-refractivity contribution in [3.8, 4) is 0 Å². The predicted molar refractivity (Wildman–Crippen MR) is 62.1 cm³/mol. The average molecular weight is 190 g/mol. The second-order valence-corrected chi connectivity index (χ2v) is 4.03. The monoisotopic (exact) mass is 190 g/mol. The van der Waals surface area contributed by atoms with Gasteiger partial charge in [0.25, 0.3) is 0 Å². The Morgan fingerprint density at radius 1 is 1.14 bits per heavy atom. The molecule has 1 aromatic rings. The van der Waals surface area contributed by atoms with Gasteiger partial charge in [-0.1, -0.05) is 13.0 Å². The molecular formula is C12H18N2. The van der Waals surface area contributed by atoms with Gasteiger partial charge < -0.3 is 9.80 Å². The van der Waals surface area contributed by atoms with Gasteiger partial charge in [-0.2, -0.15) is 0 Å². The van der Waals surface area contributed by atoms with Gasteiger partial charge in [-0.15, -0.1) is 0 Å². The van der Waals surface area contributed by atoms with Crippen LogP contribution in [-0.4, -0.2) is 20.3 Å². The molecule has 0 aliphatic carbocycles. The van der Waals surface area contributed by atoms with Crippen molar-refractivity contribution in [2.24, 2.45) is 0 Å². The molecule has 1 aromatic carbocycles. The van der Waals surface area contributed by atoms with Crippen LogP contribution in [0.1, 0.15) is 19.4 Å². The van der Waals surface area contributed by atoms with Crippen LogP contribution in [0.2, 0.25) is 0 Å². The van der Waals surface area contributed by atoms with Gasteiger partial charge in [0, 0.05) is 14.1 Å². The summed E-state index contributed by atoms with van der Waals surface area (Å²) in [5.74, 6) is 0. The van der Waals surface area contributed by atoms with Crippen molar-refractivity contribution < 1.29 is 0 Å². The van der Waals surface area contributed by atoms with E-state index in [1.165, 1.54) is 16.9 Å². The van der Waals surface area contributed by atoms with Crippen LogP contribution in [0, 0.1) is 0 Å². The Kier molecular flexibility index (Phi) is 2.14. The van der Waals surface area contributed by atoms with E-state index in [-0.39, 0.29) is 0 Å². The number of nitrogens with zero attached hydrogens (tertiary/aromatic N) is 2. The lowest BCUT2D eigenvalue weighted by Gasteiger charge is -2.23. The summed E-state index contributed by atoms with van der Waals surface area (Å²) in [5, 5.41) is 0. The van der Waals surface area contributed by atoms with E-state index < -0.39 is 0 Å². The molecule has 1 aliphatic heterocycles. The first-order valence-electron chi connectivity index (χ1n) is 5.23. The van der Waals surface area contributed by atoms with Gasteiger partial charge >= 0.3 is 0 Å². The quantitative estimate of drug-likeness (QED) is 0.671. The minimum absolute atomic E-state index is 0.470. The number of fused-ring (bicyclic) bond motifs is 1. The molecule has 0 radical (unpaired) electrons. The van der Waals surface area contributed by atoms with Gasteiger partial charge in [-0.3, -0.25) is 0 Å². The van der Waals surface area contributed by atoms with Crippen LogP contribution in [0.5, 0.6) is 0 Å². The Balaban J connectivity index is 2.48. The van der Waals surface area contributed by atoms with Gasteiger partial charge in [0.15, 0.2) is 0 Å². The maximum atomic E-state index is 2.33. The minimum atomic E-state index is 0.470. The summed E-state index contributed by atoms with van der Waals surface area (Å²) in [7, 11) is 4.31. The van der Waals surface area contributed by atoms with Crippen molar-refractivity contribution in [2.75, 3.05) is 23.9 Å². The van der Waals surface area contributed by atoms with Crippen molar-refractivity contribution in [2.45, 2.75) is 26.4 Å². The molecule has 0 spiro atoms. The highest BCUT2D eigenvalue weighted by atomic mass is 15.4. The van der Waals surface area contributed by atoms with E-state index in [1.807, 2.05) is 0 Å². The molecule has 76 valence electrons. The fourth-order valence-electron chi connectivity index (χ4n) is 2.03. The third-order valence-corrected chi connectivity index (χ3v) is 3.33. The summed E-state index contributed by atoms with van der Waals surface area (Å²) in [6.45, 7) is 4.43. The van der Waals surface area contributed by atoms with E-state index in [4.69, 9.17) is 0 Å². The SMILES string of the molecule is CCc1ccc2c(c1)N(C)C(C)N2C. The molecule has 2 heteroatoms. The number of hydrogen-bond acceptors (Lipinski definition) is 2. The highest BCUT2D eigenvalue weighted by molar-refractivity contribution is 5.77. The van der Waals surface area contributed by atoms with E-state index in [9.17, 15) is 0 Å². The van der Waals surface area contributed by atoms with Crippen LogP contribution >= 0.6 is 0 Å². The molecule has 14 heavy (non-hydrogen) atoms. The van der Waals surface area contributed by atoms with Crippen LogP contribution in [0.15, 0.2) is 18.2 Å². The zero-order valence-corrected chi connectivity index (χ0v) is 9.41. The van der Waals surface area contributed by atoms with Crippen molar-refractivity contribution >= 4 is 11.4 Å². The summed E-state index contributed by atoms with van der Waals surface area (Å²) < 4.78 is 0. The predicted octanol–water partition coefficient (Wildman–Crippen LogP) is 2.48. The normalized spacial score (nSPS) is 20.1. The van der Waals surface area contributed by atoms with E-state index in [1.54, 1.807) is 0 Å². The third-order valence-electron chi connectivity index (χ3n) is 3.33. The Morgan fingerprint density at radius 2 is 1.79 bits per heavy atom. The average Bonchev–Trinajstić information content (AvgIpc) is 2.44. The van der Waals surface area contributed by atoms with Crippen molar-refractivity contribution in [1.82, 2.24) is 0 Å². The smallest absolute Gasteiger partial charge is 0.0982 e. The second kappa shape index (κ2) is 3.19. The molecular weight excluding hydrogens is 172 g/mol. The van der Waals surface area contributed by atoms with Crippen LogP contribution in [-0.2, 0) is 6.42 Å². The van der Waals surface area contributed by atoms with Gasteiger partial charge in [0.2, 0.25) is 0 Å². The molecule has 2 rings (SSSR count). The molecule has 0 fully saturated rings. The zero-order valence-electron chi connectivity index (χ0n) is 9.41. The minimum Gasteiger partial charge on any atom is -0.353 e. The standard InChI is InChI=1S/C12H18N2/c1-5-10-6-7-11-12(8-10)14(4)9(2)13(11)3/h6-9H,5H2,1-4H3. The lowest BCUT2D eigenvalue weighted by Crippen LogP contribution is -2.35. The number of anilines is 2. The molecule has 0 amide bonds. The molecule has 0 N–H and O–H groups in total. The Bertz CT molecular complexity index is 346. The first-order valence-corrected chi connectivity index (χ1v) is 5.23. The largest absolute Gasteiger partial charge is 0.353 e. The van der Waals surface area contributed by atoms with Gasteiger partial charge in [-0.25, -0.2) is 0 Å². The number of benzene rings is 1. The van der Waals surface area contributed by atoms with Crippen LogP contribution in [0.25, 0.3) is 0 Å². The molecule has 0 saturated heterocycles. The highest BCUT2D eigenvalue weighted by Gasteiger charge is 2.27. The third kappa shape index (κ3) is 1.17. The van der Waals surface area contributed by atoms with Crippen molar-refractivity contribution in [3.63, 3.8) is 0 Å². The first kappa shape index (κ1) is 9.38. The van der Waals surface area contributed by atoms with E-state index in [2.05, 4.69) is 55.9 Å². The zero-order chi connectivity index (χ0) is 10.3. The molecule has 1 unspecified atom stereocenters. The molecule has 0 saturated carbocycles. The first-order chi connectivity index (χ1) is 6.65. The molecule has 1 atom stereocenters. The number of rotatable bonds is 1. The van der Waals surface area contributed by atoms with E-state index >= 15 is 0 Å². The molecule has 1 heterocycles. The second-order valence-electron chi connectivity index (χ2n) is 4.03. The topological polar surface area (TPSA) is 6.48 Å². The molecule has 2 nitrogen and oxygen atoms in total. The van der Waals surface area contributed by atoms with Gasteiger partial charge in [0.05, 0.1) is 17.5 Å². The van der Waals surface area contributed by atoms with Gasteiger partial charge in [-0.05, 0) is 31.0 Å². The van der Waals surface area contributed by atoms with E-state index in [0.29, 0.717) is 6.17 Å². The summed E-state index contributed by atoms with van der Waals surface area (Å²) in [6, 6.07) is 6.75. The number of aryl methyl sites for hydroxylation is 1. The van der Waals surface area contributed by atoms with Crippen LogP contribution in [0.4, 0.5) is 11.4 Å². The fraction of sp³-hybridized carbons (Fsp3) is 0.500. The summed E-state index contributed by atoms with van der Waals surface area (Å²) in [6.07, 6.45) is 1.58. The fourth-order valence-corrected chi connectivity index (χ4v) is 2.03. The van der Waals surface area contributed by atoms with Gasteiger partial charge in [0.1, 0.15) is 0 Å². The maximum absolute atomic E-state index is 2.33. The van der Waals surface area contributed by atoms with E-state index in [0.717, 1.165) is 6.42 Å². The lowest BCUT2D eigenvalue weighted by atomic mass is 10.1. The lowest BCUT2D eigenvalue weighted by molar-refractivity contribution is 0.710. The molecule has 1 aliphatic rings. The highest BCUT2D eigenvalue weighted by Crippen LogP contribution is 2.37.